The second-order valence-corrected chi connectivity index (χ2v) is 7.60. The van der Waals surface area contributed by atoms with Gasteiger partial charge in [-0.05, 0) is 48.6 Å². The Bertz CT molecular complexity index is 1030. The summed E-state index contributed by atoms with van der Waals surface area (Å²) in [6.45, 7) is 0. The molecule has 0 radical (unpaired) electrons. The van der Waals surface area contributed by atoms with E-state index in [9.17, 15) is 14.4 Å². The normalized spacial score (nSPS) is 26.7. The van der Waals surface area contributed by atoms with E-state index in [0.717, 1.165) is 6.42 Å². The number of carbonyl (C=O) groups is 3. The largest absolute Gasteiger partial charge is 0.493 e. The van der Waals surface area contributed by atoms with E-state index in [1.807, 2.05) is 0 Å². The van der Waals surface area contributed by atoms with Crippen molar-refractivity contribution in [1.82, 2.24) is 0 Å². The Balaban J connectivity index is 1.41. The van der Waals surface area contributed by atoms with Crippen LogP contribution in [0, 0.1) is 23.7 Å². The van der Waals surface area contributed by atoms with Crippen LogP contribution in [0.5, 0.6) is 11.5 Å². The van der Waals surface area contributed by atoms with Crippen molar-refractivity contribution in [1.29, 1.82) is 0 Å². The number of hydrogen-bond acceptors (Lipinski definition) is 5. The highest BCUT2D eigenvalue weighted by molar-refractivity contribution is 6.23. The summed E-state index contributed by atoms with van der Waals surface area (Å²) in [6.07, 6.45) is 5.00. The molecule has 2 aromatic carbocycles. The zero-order chi connectivity index (χ0) is 20.1. The lowest BCUT2D eigenvalue weighted by Crippen LogP contribution is -2.33. The monoisotopic (exact) mass is 389 g/mol. The number of methoxy groups -OCH3 is 1. The molecular formula is C23H19NO5. The number of para-hydroxylation sites is 2. The molecular weight excluding hydrogens is 370 g/mol. The lowest BCUT2D eigenvalue weighted by Gasteiger charge is -2.18. The minimum absolute atomic E-state index is 0.144. The maximum atomic E-state index is 13.0. The smallest absolute Gasteiger partial charge is 0.343 e. The molecule has 0 N–H and O–H groups in total. The van der Waals surface area contributed by atoms with Crippen LogP contribution in [0.15, 0.2) is 60.7 Å². The molecule has 0 unspecified atom stereocenters. The standard InChI is InChI=1S/C23H19NO5/c1-28-17-7-2-3-8-18(17)29-23(27)15-5-4-6-16(12-15)24-21(25)19-13-9-10-14(11-13)20(19)22(24)26/h2-10,12-14,19-20H,11H2,1H3/t13-,14-,19-,20+/m0/s1. The number of amides is 2. The number of benzene rings is 2. The number of esters is 1. The Kier molecular flexibility index (Phi) is 4.01. The summed E-state index contributed by atoms with van der Waals surface area (Å²) >= 11 is 0. The molecule has 0 aromatic heterocycles. The summed E-state index contributed by atoms with van der Waals surface area (Å²) in [7, 11) is 1.50. The first-order chi connectivity index (χ1) is 14.1. The maximum absolute atomic E-state index is 13.0. The molecule has 29 heavy (non-hydrogen) atoms. The fourth-order valence-electron chi connectivity index (χ4n) is 4.79. The topological polar surface area (TPSA) is 72.9 Å². The van der Waals surface area contributed by atoms with Crippen molar-refractivity contribution in [2.45, 2.75) is 6.42 Å². The molecule has 2 amide bonds. The van der Waals surface area contributed by atoms with Gasteiger partial charge in [-0.3, -0.25) is 9.59 Å². The van der Waals surface area contributed by atoms with Gasteiger partial charge in [-0.25, -0.2) is 9.69 Å². The molecule has 0 spiro atoms. The number of anilines is 1. The van der Waals surface area contributed by atoms with Crippen molar-refractivity contribution < 1.29 is 23.9 Å². The molecule has 146 valence electrons. The first kappa shape index (κ1) is 17.7. The lowest BCUT2D eigenvalue weighted by molar-refractivity contribution is -0.123. The molecule has 2 bridgehead atoms. The van der Waals surface area contributed by atoms with Crippen LogP contribution in [0.4, 0.5) is 5.69 Å². The van der Waals surface area contributed by atoms with Crippen LogP contribution in [-0.2, 0) is 9.59 Å². The van der Waals surface area contributed by atoms with Gasteiger partial charge in [0.25, 0.3) is 0 Å². The Morgan fingerprint density at radius 2 is 1.59 bits per heavy atom. The molecule has 1 saturated heterocycles. The fraction of sp³-hybridized carbons (Fsp3) is 0.261. The highest BCUT2D eigenvalue weighted by Gasteiger charge is 2.59. The number of carbonyl (C=O) groups excluding carboxylic acids is 3. The van der Waals surface area contributed by atoms with Crippen LogP contribution >= 0.6 is 0 Å². The number of allylic oxidation sites excluding steroid dienone is 2. The third-order valence-corrected chi connectivity index (χ3v) is 6.08. The zero-order valence-corrected chi connectivity index (χ0v) is 15.8. The van der Waals surface area contributed by atoms with Crippen LogP contribution in [-0.4, -0.2) is 24.9 Å². The van der Waals surface area contributed by atoms with Gasteiger partial charge in [-0.1, -0.05) is 30.4 Å². The van der Waals surface area contributed by atoms with Gasteiger partial charge >= 0.3 is 5.97 Å². The predicted octanol–water partition coefficient (Wildman–Crippen LogP) is 3.23. The summed E-state index contributed by atoms with van der Waals surface area (Å²) in [6, 6.07) is 13.3. The van der Waals surface area contributed by atoms with Gasteiger partial charge in [0.2, 0.25) is 11.8 Å². The van der Waals surface area contributed by atoms with Crippen molar-refractivity contribution in [3.63, 3.8) is 0 Å². The van der Waals surface area contributed by atoms with E-state index < -0.39 is 5.97 Å². The quantitative estimate of drug-likeness (QED) is 0.347. The fourth-order valence-corrected chi connectivity index (χ4v) is 4.79. The predicted molar refractivity (Wildman–Crippen MR) is 105 cm³/mol. The zero-order valence-electron chi connectivity index (χ0n) is 15.8. The van der Waals surface area contributed by atoms with Gasteiger partial charge < -0.3 is 9.47 Å². The Labute approximate surface area is 167 Å². The molecule has 2 fully saturated rings. The number of imide groups is 1. The van der Waals surface area contributed by atoms with Gasteiger partial charge in [0.15, 0.2) is 11.5 Å². The molecule has 1 saturated carbocycles. The van der Waals surface area contributed by atoms with E-state index in [-0.39, 0.29) is 41.0 Å². The Morgan fingerprint density at radius 3 is 2.24 bits per heavy atom. The van der Waals surface area contributed by atoms with Crippen molar-refractivity contribution in [3.05, 3.63) is 66.2 Å². The van der Waals surface area contributed by atoms with Crippen LogP contribution in [0.25, 0.3) is 0 Å². The van der Waals surface area contributed by atoms with Crippen molar-refractivity contribution >= 4 is 23.5 Å². The van der Waals surface area contributed by atoms with E-state index >= 15 is 0 Å². The highest BCUT2D eigenvalue weighted by atomic mass is 16.6. The summed E-state index contributed by atoms with van der Waals surface area (Å²) in [4.78, 5) is 39.8. The minimum Gasteiger partial charge on any atom is -0.493 e. The van der Waals surface area contributed by atoms with Gasteiger partial charge in [0, 0.05) is 0 Å². The molecule has 4 atom stereocenters. The maximum Gasteiger partial charge on any atom is 0.343 e. The van der Waals surface area contributed by atoms with Crippen LogP contribution in [0.2, 0.25) is 0 Å². The number of rotatable bonds is 4. The van der Waals surface area contributed by atoms with E-state index in [4.69, 9.17) is 9.47 Å². The SMILES string of the molecule is COc1ccccc1OC(=O)c1cccc(N2C(=O)[C@@H]3[C@H](C2=O)[C@H]2C=C[C@H]3C2)c1. The van der Waals surface area contributed by atoms with E-state index in [1.165, 1.54) is 18.1 Å². The van der Waals surface area contributed by atoms with Gasteiger partial charge in [0.05, 0.1) is 30.2 Å². The number of nitrogens with zero attached hydrogens (tertiary/aromatic N) is 1. The van der Waals surface area contributed by atoms with E-state index in [0.29, 0.717) is 17.2 Å². The minimum atomic E-state index is -0.586. The van der Waals surface area contributed by atoms with Crippen molar-refractivity contribution in [2.24, 2.45) is 23.7 Å². The molecule has 2 aromatic rings. The van der Waals surface area contributed by atoms with E-state index in [2.05, 4.69) is 12.2 Å². The molecule has 6 heteroatoms. The van der Waals surface area contributed by atoms with E-state index in [1.54, 1.807) is 42.5 Å². The Hall–Kier alpha value is -3.41. The summed E-state index contributed by atoms with van der Waals surface area (Å²) in [5.41, 5.74) is 0.662. The van der Waals surface area contributed by atoms with Gasteiger partial charge in [-0.15, -0.1) is 0 Å². The van der Waals surface area contributed by atoms with Crippen molar-refractivity contribution in [3.8, 4) is 11.5 Å². The molecule has 3 aliphatic rings. The number of hydrogen-bond donors (Lipinski definition) is 0. The average molecular weight is 389 g/mol. The molecule has 1 aliphatic heterocycles. The highest BCUT2D eigenvalue weighted by Crippen LogP contribution is 2.53. The van der Waals surface area contributed by atoms with Crippen molar-refractivity contribution in [2.75, 3.05) is 12.0 Å². The second kappa shape index (κ2) is 6.58. The third-order valence-electron chi connectivity index (χ3n) is 6.08. The number of ether oxygens (including phenoxy) is 2. The molecule has 1 heterocycles. The summed E-state index contributed by atoms with van der Waals surface area (Å²) in [5.74, 6) is -0.455. The Morgan fingerprint density at radius 1 is 0.931 bits per heavy atom. The average Bonchev–Trinajstić information content (AvgIpc) is 3.42. The summed E-state index contributed by atoms with van der Waals surface area (Å²) < 4.78 is 10.7. The van der Waals surface area contributed by atoms with Gasteiger partial charge in [-0.2, -0.15) is 0 Å². The third kappa shape index (κ3) is 2.67. The van der Waals surface area contributed by atoms with Crippen LogP contribution < -0.4 is 14.4 Å². The van der Waals surface area contributed by atoms with Crippen LogP contribution in [0.3, 0.4) is 0 Å². The number of fused-ring (bicyclic) bond motifs is 5. The lowest BCUT2D eigenvalue weighted by atomic mass is 9.85. The summed E-state index contributed by atoms with van der Waals surface area (Å²) in [5, 5.41) is 0. The molecule has 6 nitrogen and oxygen atoms in total. The second-order valence-electron chi connectivity index (χ2n) is 7.60. The van der Waals surface area contributed by atoms with Gasteiger partial charge in [0.1, 0.15) is 0 Å². The first-order valence-corrected chi connectivity index (χ1v) is 9.60. The molecule has 5 rings (SSSR count). The van der Waals surface area contributed by atoms with Crippen LogP contribution in [0.1, 0.15) is 16.8 Å². The first-order valence-electron chi connectivity index (χ1n) is 9.60. The molecule has 2 aliphatic carbocycles.